The summed E-state index contributed by atoms with van der Waals surface area (Å²) in [5.74, 6) is 0.149. The minimum Gasteiger partial charge on any atom is -0.493 e. The molecule has 1 aromatic carbocycles. The van der Waals surface area contributed by atoms with Crippen LogP contribution >= 0.6 is 0 Å². The first-order valence-electron chi connectivity index (χ1n) is 5.98. The number of rotatable bonds is 5. The van der Waals surface area contributed by atoms with Crippen molar-refractivity contribution in [2.75, 3.05) is 27.4 Å². The second-order valence-corrected chi connectivity index (χ2v) is 4.05. The fourth-order valence-corrected chi connectivity index (χ4v) is 1.80. The van der Waals surface area contributed by atoms with Gasteiger partial charge in [0.15, 0.2) is 17.6 Å². The van der Waals surface area contributed by atoms with E-state index in [0.717, 1.165) is 0 Å². The van der Waals surface area contributed by atoms with Gasteiger partial charge in [0.2, 0.25) is 0 Å². The van der Waals surface area contributed by atoms with E-state index in [1.807, 2.05) is 0 Å². The molecule has 1 amide bonds. The number of ether oxygens (including phenoxy) is 4. The van der Waals surface area contributed by atoms with Gasteiger partial charge in [-0.05, 0) is 12.1 Å². The largest absolute Gasteiger partial charge is 0.493 e. The van der Waals surface area contributed by atoms with Crippen molar-refractivity contribution in [1.82, 2.24) is 5.32 Å². The summed E-state index contributed by atoms with van der Waals surface area (Å²) >= 11 is 0. The number of hydrogen-bond acceptors (Lipinski definition) is 6. The Bertz CT molecular complexity index is 516. The standard InChI is InChI=1S/C13H15NO6/c1-17-10-5-3-4-9(12(15)18-2)11(10)19-7-8-6-14-13(16)20-8/h3-5,8H,6-7H2,1-2H3,(H,14,16). The fourth-order valence-electron chi connectivity index (χ4n) is 1.80. The number of carbonyl (C=O) groups is 2. The van der Waals surface area contributed by atoms with Crippen molar-refractivity contribution in [1.29, 1.82) is 0 Å². The highest BCUT2D eigenvalue weighted by Gasteiger charge is 2.25. The van der Waals surface area contributed by atoms with E-state index in [4.69, 9.17) is 18.9 Å². The maximum absolute atomic E-state index is 11.7. The van der Waals surface area contributed by atoms with Crippen LogP contribution < -0.4 is 14.8 Å². The number of methoxy groups -OCH3 is 2. The van der Waals surface area contributed by atoms with Gasteiger partial charge >= 0.3 is 12.1 Å². The lowest BCUT2D eigenvalue weighted by Crippen LogP contribution is -2.22. The Morgan fingerprint density at radius 3 is 2.85 bits per heavy atom. The summed E-state index contributed by atoms with van der Waals surface area (Å²) in [6, 6.07) is 4.90. The van der Waals surface area contributed by atoms with Gasteiger partial charge in [0, 0.05) is 0 Å². The average Bonchev–Trinajstić information content (AvgIpc) is 2.89. The van der Waals surface area contributed by atoms with Crippen LogP contribution in [0.5, 0.6) is 11.5 Å². The Hall–Kier alpha value is -2.44. The summed E-state index contributed by atoms with van der Waals surface area (Å²) in [4.78, 5) is 22.6. The Labute approximate surface area is 115 Å². The zero-order chi connectivity index (χ0) is 14.5. The van der Waals surface area contributed by atoms with Gasteiger partial charge in [0.25, 0.3) is 0 Å². The van der Waals surface area contributed by atoms with Gasteiger partial charge in [-0.15, -0.1) is 0 Å². The molecule has 0 radical (unpaired) electrons. The summed E-state index contributed by atoms with van der Waals surface area (Å²) in [7, 11) is 2.76. The molecule has 1 atom stereocenters. The number of amides is 1. The van der Waals surface area contributed by atoms with Crippen molar-refractivity contribution in [3.05, 3.63) is 23.8 Å². The molecule has 7 heteroatoms. The van der Waals surface area contributed by atoms with Crippen LogP contribution in [-0.4, -0.2) is 45.5 Å². The molecular weight excluding hydrogens is 266 g/mol. The number of benzene rings is 1. The second-order valence-electron chi connectivity index (χ2n) is 4.05. The molecule has 1 saturated heterocycles. The van der Waals surface area contributed by atoms with E-state index in [1.165, 1.54) is 14.2 Å². The molecule has 0 bridgehead atoms. The van der Waals surface area contributed by atoms with Crippen molar-refractivity contribution in [3.8, 4) is 11.5 Å². The van der Waals surface area contributed by atoms with E-state index >= 15 is 0 Å². The van der Waals surface area contributed by atoms with Crippen molar-refractivity contribution in [3.63, 3.8) is 0 Å². The number of hydrogen-bond donors (Lipinski definition) is 1. The third kappa shape index (κ3) is 2.93. The highest BCUT2D eigenvalue weighted by Crippen LogP contribution is 2.31. The molecule has 1 aliphatic rings. The van der Waals surface area contributed by atoms with E-state index < -0.39 is 18.2 Å². The molecule has 0 aromatic heterocycles. The lowest BCUT2D eigenvalue weighted by Gasteiger charge is -2.15. The van der Waals surface area contributed by atoms with Crippen LogP contribution in [0.3, 0.4) is 0 Å². The lowest BCUT2D eigenvalue weighted by molar-refractivity contribution is 0.0588. The molecular formula is C13H15NO6. The minimum absolute atomic E-state index is 0.114. The maximum Gasteiger partial charge on any atom is 0.407 e. The van der Waals surface area contributed by atoms with Crippen molar-refractivity contribution < 1.29 is 28.5 Å². The van der Waals surface area contributed by atoms with E-state index in [1.54, 1.807) is 18.2 Å². The van der Waals surface area contributed by atoms with E-state index in [9.17, 15) is 9.59 Å². The summed E-state index contributed by atoms with van der Waals surface area (Å²) in [5, 5.41) is 2.52. The highest BCUT2D eigenvalue weighted by atomic mass is 16.6. The third-order valence-corrected chi connectivity index (χ3v) is 2.77. The lowest BCUT2D eigenvalue weighted by atomic mass is 10.2. The van der Waals surface area contributed by atoms with Crippen molar-refractivity contribution in [2.24, 2.45) is 0 Å². The average molecular weight is 281 g/mol. The monoisotopic (exact) mass is 281 g/mol. The molecule has 1 fully saturated rings. The normalized spacial score (nSPS) is 17.1. The molecule has 20 heavy (non-hydrogen) atoms. The first-order valence-corrected chi connectivity index (χ1v) is 5.98. The smallest absolute Gasteiger partial charge is 0.407 e. The highest BCUT2D eigenvalue weighted by molar-refractivity contribution is 5.93. The molecule has 1 unspecified atom stereocenters. The van der Waals surface area contributed by atoms with Crippen LogP contribution in [0.1, 0.15) is 10.4 Å². The molecule has 0 aliphatic carbocycles. The van der Waals surface area contributed by atoms with Gasteiger partial charge in [-0.25, -0.2) is 9.59 Å². The minimum atomic E-state index is -0.527. The molecule has 108 valence electrons. The number of esters is 1. The van der Waals surface area contributed by atoms with Crippen LogP contribution in [0.25, 0.3) is 0 Å². The van der Waals surface area contributed by atoms with Crippen LogP contribution in [-0.2, 0) is 9.47 Å². The zero-order valence-corrected chi connectivity index (χ0v) is 11.2. The molecule has 1 heterocycles. The van der Waals surface area contributed by atoms with Crippen LogP contribution in [0.15, 0.2) is 18.2 Å². The Balaban J connectivity index is 2.15. The van der Waals surface area contributed by atoms with Gasteiger partial charge in [0.05, 0.1) is 20.8 Å². The summed E-state index contributed by atoms with van der Waals surface area (Å²) in [5.41, 5.74) is 0.254. The van der Waals surface area contributed by atoms with E-state index in [2.05, 4.69) is 5.32 Å². The van der Waals surface area contributed by atoms with Crippen molar-refractivity contribution >= 4 is 12.1 Å². The zero-order valence-electron chi connectivity index (χ0n) is 11.2. The molecule has 1 aliphatic heterocycles. The van der Waals surface area contributed by atoms with E-state index in [-0.39, 0.29) is 17.9 Å². The number of para-hydroxylation sites is 1. The first-order chi connectivity index (χ1) is 9.65. The summed E-state index contributed by atoms with van der Waals surface area (Å²) in [6.07, 6.45) is -0.885. The van der Waals surface area contributed by atoms with E-state index in [0.29, 0.717) is 12.3 Å². The van der Waals surface area contributed by atoms with Gasteiger partial charge < -0.3 is 24.3 Å². The molecule has 7 nitrogen and oxygen atoms in total. The molecule has 1 N–H and O–H groups in total. The van der Waals surface area contributed by atoms with Crippen LogP contribution in [0, 0.1) is 0 Å². The van der Waals surface area contributed by atoms with Gasteiger partial charge in [0.1, 0.15) is 12.2 Å². The Morgan fingerprint density at radius 1 is 1.45 bits per heavy atom. The number of carbonyl (C=O) groups excluding carboxylic acids is 2. The first kappa shape index (κ1) is 14.0. The number of nitrogens with one attached hydrogen (secondary N) is 1. The van der Waals surface area contributed by atoms with Gasteiger partial charge in [-0.3, -0.25) is 0 Å². The van der Waals surface area contributed by atoms with Crippen molar-refractivity contribution in [2.45, 2.75) is 6.10 Å². The summed E-state index contributed by atoms with van der Waals surface area (Å²) in [6.45, 7) is 0.477. The number of alkyl carbamates (subject to hydrolysis) is 1. The van der Waals surface area contributed by atoms with Gasteiger partial charge in [-0.1, -0.05) is 6.07 Å². The molecule has 2 rings (SSSR count). The third-order valence-electron chi connectivity index (χ3n) is 2.77. The Kier molecular flexibility index (Phi) is 4.29. The quantitative estimate of drug-likeness (QED) is 0.810. The fraction of sp³-hybridized carbons (Fsp3) is 0.385. The molecule has 0 spiro atoms. The van der Waals surface area contributed by atoms with Gasteiger partial charge in [-0.2, -0.15) is 0 Å². The van der Waals surface area contributed by atoms with Crippen LogP contribution in [0.2, 0.25) is 0 Å². The molecule has 1 aromatic rings. The topological polar surface area (TPSA) is 83.1 Å². The molecule has 0 saturated carbocycles. The summed E-state index contributed by atoms with van der Waals surface area (Å²) < 4.78 is 20.4. The Morgan fingerprint density at radius 2 is 2.25 bits per heavy atom. The predicted molar refractivity (Wildman–Crippen MR) is 68.1 cm³/mol. The maximum atomic E-state index is 11.7. The van der Waals surface area contributed by atoms with Crippen LogP contribution in [0.4, 0.5) is 4.79 Å². The second kappa shape index (κ2) is 6.14. The number of cyclic esters (lactones) is 1. The SMILES string of the molecule is COC(=O)c1cccc(OC)c1OCC1CNC(=O)O1. The predicted octanol–water partition coefficient (Wildman–Crippen LogP) is 0.969.